The van der Waals surface area contributed by atoms with E-state index in [1.807, 2.05) is 0 Å². The molecule has 2 aliphatic rings. The van der Waals surface area contributed by atoms with Crippen LogP contribution in [0.25, 0.3) is 0 Å². The average molecular weight is 352 g/mol. The number of amides is 1. The lowest BCUT2D eigenvalue weighted by atomic mass is 9.81. The first-order valence-corrected chi connectivity index (χ1v) is 9.55. The van der Waals surface area contributed by atoms with Crippen molar-refractivity contribution in [2.45, 2.75) is 56.8 Å². The summed E-state index contributed by atoms with van der Waals surface area (Å²) in [6.45, 7) is 0.987. The second kappa shape index (κ2) is 7.58. The van der Waals surface area contributed by atoms with Gasteiger partial charge in [0.1, 0.15) is 5.82 Å². The molecular weight excluding hydrogens is 327 g/mol. The number of nitrogens with zero attached hydrogens (tertiary/aromatic N) is 1. The Morgan fingerprint density at radius 2 is 1.77 bits per heavy atom. The molecule has 2 fully saturated rings. The maximum atomic E-state index is 13.4. The predicted octanol–water partition coefficient (Wildman–Crippen LogP) is 4.14. The zero-order valence-electron chi connectivity index (χ0n) is 14.9. The zero-order chi connectivity index (χ0) is 17.9. The van der Waals surface area contributed by atoms with Crippen LogP contribution in [0, 0.1) is 5.82 Å². The van der Waals surface area contributed by atoms with Crippen LogP contribution < -0.4 is 5.32 Å². The number of hydrogen-bond acceptors (Lipinski definition) is 2. The van der Waals surface area contributed by atoms with Gasteiger partial charge < -0.3 is 5.32 Å². The number of nitrogens with one attached hydrogen (secondary N) is 1. The van der Waals surface area contributed by atoms with Crippen LogP contribution in [0.2, 0.25) is 0 Å². The molecule has 0 saturated carbocycles. The molecule has 0 spiro atoms. The maximum absolute atomic E-state index is 13.4. The van der Waals surface area contributed by atoms with Crippen LogP contribution in [0.5, 0.6) is 0 Å². The van der Waals surface area contributed by atoms with Crippen molar-refractivity contribution in [3.63, 3.8) is 0 Å². The lowest BCUT2D eigenvalue weighted by molar-refractivity contribution is 0.0177. The summed E-state index contributed by atoms with van der Waals surface area (Å²) < 4.78 is 13.4. The van der Waals surface area contributed by atoms with E-state index in [1.165, 1.54) is 37.0 Å². The fourth-order valence-corrected chi connectivity index (χ4v) is 4.55. The van der Waals surface area contributed by atoms with Gasteiger partial charge in [-0.2, -0.15) is 0 Å². The number of piperidine rings is 2. The molecule has 0 aliphatic carbocycles. The topological polar surface area (TPSA) is 32.3 Å². The second-order valence-corrected chi connectivity index (χ2v) is 7.55. The van der Waals surface area contributed by atoms with Gasteiger partial charge in [0.25, 0.3) is 5.91 Å². The quantitative estimate of drug-likeness (QED) is 0.897. The Labute approximate surface area is 154 Å². The summed E-state index contributed by atoms with van der Waals surface area (Å²) in [5.74, 6) is -0.531. The van der Waals surface area contributed by atoms with Crippen LogP contribution in [0.15, 0.2) is 54.6 Å². The van der Waals surface area contributed by atoms with Crippen LogP contribution in [0.3, 0.4) is 0 Å². The van der Waals surface area contributed by atoms with Crippen molar-refractivity contribution in [3.05, 3.63) is 71.5 Å². The summed E-state index contributed by atoms with van der Waals surface area (Å²) in [4.78, 5) is 15.1. The molecule has 4 heteroatoms. The normalized spacial score (nSPS) is 25.7. The lowest BCUT2D eigenvalue weighted by Crippen LogP contribution is -2.56. The van der Waals surface area contributed by atoms with Gasteiger partial charge in [0.2, 0.25) is 0 Å². The van der Waals surface area contributed by atoms with Crippen LogP contribution in [0.1, 0.15) is 48.0 Å². The molecule has 4 rings (SSSR count). The third-order valence-electron chi connectivity index (χ3n) is 5.76. The van der Waals surface area contributed by atoms with E-state index in [9.17, 15) is 9.18 Å². The van der Waals surface area contributed by atoms with Crippen molar-refractivity contribution in [1.82, 2.24) is 10.2 Å². The zero-order valence-corrected chi connectivity index (χ0v) is 14.9. The number of fused-ring (bicyclic) bond motifs is 2. The first kappa shape index (κ1) is 17.2. The highest BCUT2D eigenvalue weighted by Gasteiger charge is 2.38. The van der Waals surface area contributed by atoms with E-state index in [0.29, 0.717) is 17.6 Å². The third-order valence-corrected chi connectivity index (χ3v) is 5.76. The van der Waals surface area contributed by atoms with Gasteiger partial charge in [0.05, 0.1) is 0 Å². The molecule has 2 atom stereocenters. The van der Waals surface area contributed by atoms with E-state index >= 15 is 0 Å². The molecule has 2 saturated heterocycles. The van der Waals surface area contributed by atoms with Gasteiger partial charge in [-0.15, -0.1) is 0 Å². The van der Waals surface area contributed by atoms with Gasteiger partial charge in [-0.25, -0.2) is 4.39 Å². The molecular formula is C22H25FN2O. The van der Waals surface area contributed by atoms with E-state index in [0.717, 1.165) is 19.4 Å². The Kier molecular flexibility index (Phi) is 5.02. The summed E-state index contributed by atoms with van der Waals surface area (Å²) >= 11 is 0. The standard InChI is InChI=1S/C22H25FN2O/c23-18-9-4-8-17(12-18)22(26)24-19-13-20-10-5-11-21(14-19)25(20)15-16-6-2-1-3-7-16/h1-4,6-9,12,19-21H,5,10-11,13-15H2,(H,24,26)/t20-,21-/m0/s1. The lowest BCUT2D eigenvalue weighted by Gasteiger charge is -2.49. The number of carbonyl (C=O) groups excluding carboxylic acids is 1. The molecule has 1 amide bonds. The fourth-order valence-electron chi connectivity index (χ4n) is 4.55. The maximum Gasteiger partial charge on any atom is 0.251 e. The first-order valence-electron chi connectivity index (χ1n) is 9.55. The number of rotatable bonds is 4. The fraction of sp³-hybridized carbons (Fsp3) is 0.409. The monoisotopic (exact) mass is 352 g/mol. The van der Waals surface area contributed by atoms with Crippen LogP contribution in [-0.2, 0) is 6.54 Å². The summed E-state index contributed by atoms with van der Waals surface area (Å²) in [5.41, 5.74) is 1.76. The van der Waals surface area contributed by atoms with Gasteiger partial charge in [0.15, 0.2) is 0 Å². The average Bonchev–Trinajstić information content (AvgIpc) is 2.63. The minimum absolute atomic E-state index is 0.163. The molecule has 0 unspecified atom stereocenters. The molecule has 2 heterocycles. The van der Waals surface area contributed by atoms with Crippen molar-refractivity contribution in [3.8, 4) is 0 Å². The molecule has 2 aromatic carbocycles. The van der Waals surface area contributed by atoms with Crippen LogP contribution in [-0.4, -0.2) is 28.9 Å². The first-order chi connectivity index (χ1) is 12.7. The minimum atomic E-state index is -0.368. The molecule has 0 aromatic heterocycles. The van der Waals surface area contributed by atoms with Crippen LogP contribution in [0.4, 0.5) is 4.39 Å². The highest BCUT2D eigenvalue weighted by molar-refractivity contribution is 5.94. The third kappa shape index (κ3) is 3.80. The summed E-state index contributed by atoms with van der Waals surface area (Å²) in [6.07, 6.45) is 5.60. The Hall–Kier alpha value is -2.20. The molecule has 2 aromatic rings. The van der Waals surface area contributed by atoms with Gasteiger partial charge in [0, 0.05) is 30.2 Å². The van der Waals surface area contributed by atoms with E-state index in [4.69, 9.17) is 0 Å². The van der Waals surface area contributed by atoms with Gasteiger partial charge in [-0.05, 0) is 49.4 Å². The van der Waals surface area contributed by atoms with E-state index in [2.05, 4.69) is 40.5 Å². The summed E-state index contributed by atoms with van der Waals surface area (Å²) in [6, 6.07) is 17.7. The van der Waals surface area contributed by atoms with Crippen molar-refractivity contribution >= 4 is 5.91 Å². The van der Waals surface area contributed by atoms with E-state index in [-0.39, 0.29) is 17.8 Å². The Bertz CT molecular complexity index is 750. The van der Waals surface area contributed by atoms with Crippen molar-refractivity contribution in [1.29, 1.82) is 0 Å². The largest absolute Gasteiger partial charge is 0.349 e. The highest BCUT2D eigenvalue weighted by atomic mass is 19.1. The minimum Gasteiger partial charge on any atom is -0.349 e. The van der Waals surface area contributed by atoms with E-state index in [1.54, 1.807) is 12.1 Å². The number of benzene rings is 2. The molecule has 26 heavy (non-hydrogen) atoms. The van der Waals surface area contributed by atoms with Crippen molar-refractivity contribution < 1.29 is 9.18 Å². The molecule has 2 aliphatic heterocycles. The Morgan fingerprint density at radius 1 is 1.04 bits per heavy atom. The van der Waals surface area contributed by atoms with Gasteiger partial charge >= 0.3 is 0 Å². The van der Waals surface area contributed by atoms with Crippen LogP contribution >= 0.6 is 0 Å². The Balaban J connectivity index is 1.42. The van der Waals surface area contributed by atoms with E-state index < -0.39 is 0 Å². The molecule has 2 bridgehead atoms. The molecule has 1 N–H and O–H groups in total. The molecule has 0 radical (unpaired) electrons. The number of halogens is 1. The summed E-state index contributed by atoms with van der Waals surface area (Å²) in [5, 5.41) is 3.14. The Morgan fingerprint density at radius 3 is 2.46 bits per heavy atom. The SMILES string of the molecule is O=C(NC1C[C@@H]2CCC[C@@H](C1)N2Cc1ccccc1)c1cccc(F)c1. The number of carbonyl (C=O) groups is 1. The van der Waals surface area contributed by atoms with Gasteiger partial charge in [-0.1, -0.05) is 42.8 Å². The molecule has 136 valence electrons. The molecule has 3 nitrogen and oxygen atoms in total. The number of hydrogen-bond donors (Lipinski definition) is 1. The smallest absolute Gasteiger partial charge is 0.251 e. The van der Waals surface area contributed by atoms with Gasteiger partial charge in [-0.3, -0.25) is 9.69 Å². The van der Waals surface area contributed by atoms with Crippen molar-refractivity contribution in [2.24, 2.45) is 0 Å². The predicted molar refractivity (Wildman–Crippen MR) is 100 cm³/mol. The second-order valence-electron chi connectivity index (χ2n) is 7.55. The highest BCUT2D eigenvalue weighted by Crippen LogP contribution is 2.35. The summed E-state index contributed by atoms with van der Waals surface area (Å²) in [7, 11) is 0. The van der Waals surface area contributed by atoms with Crippen molar-refractivity contribution in [2.75, 3.05) is 0 Å².